The van der Waals surface area contributed by atoms with Gasteiger partial charge in [0.2, 0.25) is 5.95 Å². The lowest BCUT2D eigenvalue weighted by Gasteiger charge is -2.03. The van der Waals surface area contributed by atoms with Crippen LogP contribution in [0.1, 0.15) is 0 Å². The molecule has 0 unspecified atom stereocenters. The van der Waals surface area contributed by atoms with E-state index in [2.05, 4.69) is 15.1 Å². The van der Waals surface area contributed by atoms with Crippen molar-refractivity contribution in [2.75, 3.05) is 6.26 Å². The third kappa shape index (κ3) is 1.80. The van der Waals surface area contributed by atoms with Crippen LogP contribution in [0.5, 0.6) is 0 Å². The fourth-order valence-corrected chi connectivity index (χ4v) is 2.17. The molecule has 3 aromatic rings. The molecule has 1 N–H and O–H groups in total. The smallest absolute Gasteiger partial charge is 0.260 e. The van der Waals surface area contributed by atoms with Crippen molar-refractivity contribution in [3.8, 4) is 5.95 Å². The van der Waals surface area contributed by atoms with Gasteiger partial charge in [-0.3, -0.25) is 9.78 Å². The molecule has 90 valence electrons. The SMILES string of the molecule is CSc1ccc2nc(-n3cccn3)[nH]c(=O)c2c1. The molecule has 5 nitrogen and oxygen atoms in total. The molecule has 2 heterocycles. The molecule has 3 rings (SSSR count). The second kappa shape index (κ2) is 4.30. The van der Waals surface area contributed by atoms with Gasteiger partial charge in [0.1, 0.15) is 0 Å². The highest BCUT2D eigenvalue weighted by Gasteiger charge is 2.06. The summed E-state index contributed by atoms with van der Waals surface area (Å²) in [6, 6.07) is 7.43. The number of hydrogen-bond acceptors (Lipinski definition) is 4. The van der Waals surface area contributed by atoms with Crippen LogP contribution in [-0.2, 0) is 0 Å². The van der Waals surface area contributed by atoms with Crippen LogP contribution in [0.25, 0.3) is 16.9 Å². The number of aromatic nitrogens is 4. The maximum absolute atomic E-state index is 12.0. The first-order valence-corrected chi connectivity index (χ1v) is 6.58. The van der Waals surface area contributed by atoms with Crippen LogP contribution in [0.2, 0.25) is 0 Å². The van der Waals surface area contributed by atoms with Crippen molar-refractivity contribution in [3.63, 3.8) is 0 Å². The minimum atomic E-state index is -0.151. The summed E-state index contributed by atoms with van der Waals surface area (Å²) >= 11 is 1.60. The van der Waals surface area contributed by atoms with E-state index in [-0.39, 0.29) is 5.56 Å². The number of rotatable bonds is 2. The Bertz CT molecular complexity index is 748. The van der Waals surface area contributed by atoms with Crippen LogP contribution in [0.15, 0.2) is 46.3 Å². The van der Waals surface area contributed by atoms with E-state index in [1.54, 1.807) is 30.2 Å². The maximum Gasteiger partial charge on any atom is 0.260 e. The van der Waals surface area contributed by atoms with Gasteiger partial charge in [0, 0.05) is 17.3 Å². The van der Waals surface area contributed by atoms with Gasteiger partial charge in [-0.1, -0.05) is 0 Å². The van der Waals surface area contributed by atoms with Crippen molar-refractivity contribution >= 4 is 22.7 Å². The predicted octanol–water partition coefficient (Wildman–Crippen LogP) is 1.83. The summed E-state index contributed by atoms with van der Waals surface area (Å²) in [4.78, 5) is 20.2. The van der Waals surface area contributed by atoms with Gasteiger partial charge in [0.15, 0.2) is 0 Å². The van der Waals surface area contributed by atoms with Gasteiger partial charge >= 0.3 is 0 Å². The topological polar surface area (TPSA) is 63.6 Å². The third-order valence-corrected chi connectivity index (χ3v) is 3.35. The van der Waals surface area contributed by atoms with Crippen molar-refractivity contribution < 1.29 is 0 Å². The number of nitrogens with zero attached hydrogens (tertiary/aromatic N) is 3. The first-order chi connectivity index (χ1) is 8.78. The Morgan fingerprint density at radius 2 is 2.28 bits per heavy atom. The van der Waals surface area contributed by atoms with Gasteiger partial charge in [0.25, 0.3) is 5.56 Å². The highest BCUT2D eigenvalue weighted by Crippen LogP contribution is 2.18. The monoisotopic (exact) mass is 258 g/mol. The van der Waals surface area contributed by atoms with E-state index in [1.165, 1.54) is 4.68 Å². The minimum absolute atomic E-state index is 0.151. The summed E-state index contributed by atoms with van der Waals surface area (Å²) in [6.45, 7) is 0. The van der Waals surface area contributed by atoms with Gasteiger partial charge < -0.3 is 0 Å². The van der Waals surface area contributed by atoms with E-state index in [9.17, 15) is 4.79 Å². The molecule has 0 saturated heterocycles. The summed E-state index contributed by atoms with van der Waals surface area (Å²) in [5.74, 6) is 0.425. The second-order valence-corrected chi connectivity index (χ2v) is 4.60. The first kappa shape index (κ1) is 11.0. The molecule has 0 aliphatic carbocycles. The molecule has 0 amide bonds. The third-order valence-electron chi connectivity index (χ3n) is 2.62. The van der Waals surface area contributed by atoms with E-state index in [0.717, 1.165) is 4.90 Å². The zero-order chi connectivity index (χ0) is 12.5. The molecule has 0 atom stereocenters. The summed E-state index contributed by atoms with van der Waals surface area (Å²) < 4.78 is 1.53. The van der Waals surface area contributed by atoms with E-state index in [0.29, 0.717) is 16.9 Å². The van der Waals surface area contributed by atoms with Gasteiger partial charge in [-0.05, 0) is 30.5 Å². The van der Waals surface area contributed by atoms with Crippen molar-refractivity contribution in [2.24, 2.45) is 0 Å². The number of nitrogens with one attached hydrogen (secondary N) is 1. The standard InChI is InChI=1S/C12H10N4OS/c1-18-8-3-4-10-9(7-8)11(17)15-12(14-10)16-6-2-5-13-16/h2-7H,1H3,(H,14,15,17). The zero-order valence-electron chi connectivity index (χ0n) is 9.62. The average molecular weight is 258 g/mol. The van der Waals surface area contributed by atoms with Gasteiger partial charge in [-0.2, -0.15) is 5.10 Å². The van der Waals surface area contributed by atoms with Crippen molar-refractivity contribution in [1.29, 1.82) is 0 Å². The fourth-order valence-electron chi connectivity index (χ4n) is 1.74. The van der Waals surface area contributed by atoms with Crippen LogP contribution in [0.4, 0.5) is 0 Å². The molecule has 2 aromatic heterocycles. The molecule has 0 aliphatic heterocycles. The Labute approximate surface area is 107 Å². The molecule has 6 heteroatoms. The Balaban J connectivity index is 2.26. The highest BCUT2D eigenvalue weighted by atomic mass is 32.2. The quantitative estimate of drug-likeness (QED) is 0.712. The molecule has 0 saturated carbocycles. The molecule has 0 fully saturated rings. The van der Waals surface area contributed by atoms with Crippen molar-refractivity contribution in [3.05, 3.63) is 47.0 Å². The van der Waals surface area contributed by atoms with E-state index in [4.69, 9.17) is 0 Å². The molecule has 0 bridgehead atoms. The Morgan fingerprint density at radius 1 is 1.39 bits per heavy atom. The molecular weight excluding hydrogens is 248 g/mol. The lowest BCUT2D eigenvalue weighted by Crippen LogP contribution is -2.13. The molecule has 18 heavy (non-hydrogen) atoms. The number of hydrogen-bond donors (Lipinski definition) is 1. The number of benzene rings is 1. The summed E-state index contributed by atoms with van der Waals surface area (Å²) in [6.07, 6.45) is 5.35. The average Bonchev–Trinajstić information content (AvgIpc) is 2.92. The largest absolute Gasteiger partial charge is 0.290 e. The molecule has 0 aliphatic rings. The predicted molar refractivity (Wildman–Crippen MR) is 71.3 cm³/mol. The van der Waals surface area contributed by atoms with Gasteiger partial charge in [-0.15, -0.1) is 11.8 Å². The van der Waals surface area contributed by atoms with Crippen LogP contribution in [0, 0.1) is 0 Å². The fraction of sp³-hybridized carbons (Fsp3) is 0.0833. The first-order valence-electron chi connectivity index (χ1n) is 5.36. The molecule has 0 radical (unpaired) electrons. The number of H-pyrrole nitrogens is 1. The molecular formula is C12H10N4OS. The minimum Gasteiger partial charge on any atom is -0.290 e. The lowest BCUT2D eigenvalue weighted by molar-refractivity contribution is 0.810. The number of fused-ring (bicyclic) bond motifs is 1. The van der Waals surface area contributed by atoms with Crippen molar-refractivity contribution in [1.82, 2.24) is 19.7 Å². The van der Waals surface area contributed by atoms with E-state index >= 15 is 0 Å². The van der Waals surface area contributed by atoms with Crippen molar-refractivity contribution in [2.45, 2.75) is 4.90 Å². The van der Waals surface area contributed by atoms with Crippen LogP contribution in [-0.4, -0.2) is 26.0 Å². The van der Waals surface area contributed by atoms with Crippen LogP contribution in [0.3, 0.4) is 0 Å². The summed E-state index contributed by atoms with van der Waals surface area (Å²) in [7, 11) is 0. The van der Waals surface area contributed by atoms with Crippen LogP contribution < -0.4 is 5.56 Å². The Morgan fingerprint density at radius 3 is 3.00 bits per heavy atom. The number of aromatic amines is 1. The molecule has 0 spiro atoms. The Hall–Kier alpha value is -2.08. The lowest BCUT2D eigenvalue weighted by atomic mass is 10.2. The van der Waals surface area contributed by atoms with Gasteiger partial charge in [-0.25, -0.2) is 9.67 Å². The maximum atomic E-state index is 12.0. The van der Waals surface area contributed by atoms with E-state index < -0.39 is 0 Å². The normalized spacial score (nSPS) is 10.9. The Kier molecular flexibility index (Phi) is 2.64. The molecule has 1 aromatic carbocycles. The second-order valence-electron chi connectivity index (χ2n) is 3.72. The summed E-state index contributed by atoms with van der Waals surface area (Å²) in [5, 5.41) is 4.64. The zero-order valence-corrected chi connectivity index (χ0v) is 10.4. The highest BCUT2D eigenvalue weighted by molar-refractivity contribution is 7.98. The summed E-state index contributed by atoms with van der Waals surface area (Å²) in [5.41, 5.74) is 0.517. The van der Waals surface area contributed by atoms with E-state index in [1.807, 2.05) is 24.5 Å². The van der Waals surface area contributed by atoms with Crippen LogP contribution >= 0.6 is 11.8 Å². The number of thioether (sulfide) groups is 1. The van der Waals surface area contributed by atoms with Gasteiger partial charge in [0.05, 0.1) is 10.9 Å².